The van der Waals surface area contributed by atoms with Crippen LogP contribution >= 0.6 is 0 Å². The first-order chi connectivity index (χ1) is 4.39. The van der Waals surface area contributed by atoms with Crippen molar-refractivity contribution < 1.29 is 4.80 Å². The van der Waals surface area contributed by atoms with Crippen LogP contribution in [0.25, 0.3) is 0 Å². The van der Waals surface area contributed by atoms with Crippen LogP contribution in [0.15, 0.2) is 0 Å². The molecule has 1 unspecified atom stereocenters. The normalized spacial score (nSPS) is 15.9. The van der Waals surface area contributed by atoms with E-state index in [0.29, 0.717) is 11.6 Å². The van der Waals surface area contributed by atoms with Crippen LogP contribution in [0.1, 0.15) is 13.8 Å². The fourth-order valence-electron chi connectivity index (χ4n) is 1.50. The van der Waals surface area contributed by atoms with Gasteiger partial charge in [0.1, 0.15) is 0 Å². The summed E-state index contributed by atoms with van der Waals surface area (Å²) in [6.07, 6.45) is 0. The zero-order valence-corrected chi connectivity index (χ0v) is 8.60. The summed E-state index contributed by atoms with van der Waals surface area (Å²) in [6.45, 7) is 8.20. The molecule has 0 saturated heterocycles. The van der Waals surface area contributed by atoms with Crippen LogP contribution in [0.5, 0.6) is 0 Å². The first kappa shape index (κ1) is 10.1. The third kappa shape index (κ3) is 2.81. The third-order valence-electron chi connectivity index (χ3n) is 1.74. The van der Waals surface area contributed by atoms with Crippen molar-refractivity contribution in [1.82, 2.24) is 5.32 Å². The molecule has 0 amide bonds. The predicted octanol–water partition coefficient (Wildman–Crippen LogP) is 0.967. The van der Waals surface area contributed by atoms with E-state index in [-0.39, 0.29) is 0 Å². The van der Waals surface area contributed by atoms with Crippen LogP contribution in [0, 0.1) is 5.92 Å². The molecule has 1 atom stereocenters. The molecule has 3 heteroatoms. The molecule has 0 spiro atoms. The summed E-state index contributed by atoms with van der Waals surface area (Å²) in [6, 6.07) is 0. The fourth-order valence-corrected chi connectivity index (χ4v) is 3.84. The Morgan fingerprint density at radius 1 is 1.30 bits per heavy atom. The molecule has 0 bridgehead atoms. The molecule has 2 nitrogen and oxygen atoms in total. The molecule has 0 aliphatic carbocycles. The van der Waals surface area contributed by atoms with Gasteiger partial charge in [0.25, 0.3) is 0 Å². The van der Waals surface area contributed by atoms with Crippen molar-refractivity contribution in [2.45, 2.75) is 32.6 Å². The van der Waals surface area contributed by atoms with Gasteiger partial charge >= 0.3 is 0 Å². The fraction of sp³-hybridized carbons (Fsp3) is 1.00. The van der Waals surface area contributed by atoms with Gasteiger partial charge in [-0.15, -0.1) is 0 Å². The Morgan fingerprint density at radius 2 is 1.70 bits per heavy atom. The van der Waals surface area contributed by atoms with E-state index in [1.54, 1.807) is 0 Å². The summed E-state index contributed by atoms with van der Waals surface area (Å²) in [5, 5.41) is 3.15. The average Bonchev–Trinajstić information content (AvgIpc) is 1.60. The molecule has 0 aliphatic heterocycles. The Bertz CT molecular complexity index is 98.3. The highest BCUT2D eigenvalue weighted by Gasteiger charge is 2.30. The molecule has 0 aromatic heterocycles. The lowest BCUT2D eigenvalue weighted by molar-refractivity contribution is 0.441. The molecule has 0 heterocycles. The lowest BCUT2D eigenvalue weighted by atomic mass is 10.2. The van der Waals surface area contributed by atoms with E-state index in [1.807, 2.05) is 20.1 Å². The molecule has 2 N–H and O–H groups in total. The van der Waals surface area contributed by atoms with Gasteiger partial charge in [0.2, 0.25) is 0 Å². The topological polar surface area (TPSA) is 32.3 Å². The molecule has 62 valence electrons. The van der Waals surface area contributed by atoms with Crippen LogP contribution in [0.4, 0.5) is 0 Å². The van der Waals surface area contributed by atoms with Gasteiger partial charge in [-0.25, -0.2) is 0 Å². The Morgan fingerprint density at radius 3 is 1.70 bits per heavy atom. The summed E-state index contributed by atoms with van der Waals surface area (Å²) >= 11 is 0. The van der Waals surface area contributed by atoms with Crippen molar-refractivity contribution in [2.24, 2.45) is 5.92 Å². The van der Waals surface area contributed by atoms with Gasteiger partial charge in [0.05, 0.1) is 0 Å². The van der Waals surface area contributed by atoms with E-state index in [2.05, 4.69) is 19.2 Å². The molecule has 0 rings (SSSR count). The standard InChI is InChI=1S/C7H19NOSi/c1-6(2)7(8-3)10(4,5)9/h6-9H,1-5H3. The van der Waals surface area contributed by atoms with E-state index >= 15 is 0 Å². The second-order valence-electron chi connectivity index (χ2n) is 3.66. The summed E-state index contributed by atoms with van der Waals surface area (Å²) in [4.78, 5) is 9.72. The minimum atomic E-state index is -1.96. The molecule has 10 heavy (non-hydrogen) atoms. The van der Waals surface area contributed by atoms with Crippen molar-refractivity contribution in [2.75, 3.05) is 7.05 Å². The number of rotatable bonds is 3. The van der Waals surface area contributed by atoms with E-state index in [0.717, 1.165) is 0 Å². The van der Waals surface area contributed by atoms with Gasteiger partial charge in [-0.3, -0.25) is 0 Å². The highest BCUT2D eigenvalue weighted by molar-refractivity contribution is 6.71. The minimum Gasteiger partial charge on any atom is -0.431 e. The lowest BCUT2D eigenvalue weighted by Crippen LogP contribution is -2.52. The smallest absolute Gasteiger partial charge is 0.199 e. The Labute approximate surface area is 64.8 Å². The average molecular weight is 161 g/mol. The largest absolute Gasteiger partial charge is 0.431 e. The van der Waals surface area contributed by atoms with Crippen molar-refractivity contribution in [3.63, 3.8) is 0 Å². The predicted molar refractivity (Wildman–Crippen MR) is 47.4 cm³/mol. The molecule has 0 aromatic carbocycles. The van der Waals surface area contributed by atoms with Crippen molar-refractivity contribution in [1.29, 1.82) is 0 Å². The molecule has 0 saturated carbocycles. The molecular weight excluding hydrogens is 142 g/mol. The van der Waals surface area contributed by atoms with Crippen molar-refractivity contribution in [3.8, 4) is 0 Å². The molecule has 0 radical (unpaired) electrons. The van der Waals surface area contributed by atoms with E-state index in [4.69, 9.17) is 0 Å². The van der Waals surface area contributed by atoms with Crippen LogP contribution < -0.4 is 5.32 Å². The van der Waals surface area contributed by atoms with Crippen LogP contribution in [0.2, 0.25) is 13.1 Å². The van der Waals surface area contributed by atoms with Gasteiger partial charge in [0.15, 0.2) is 8.32 Å². The minimum absolute atomic E-state index is 0.312. The zero-order chi connectivity index (χ0) is 8.36. The molecule has 0 aliphatic rings. The zero-order valence-electron chi connectivity index (χ0n) is 7.60. The molecule has 0 fully saturated rings. The van der Waals surface area contributed by atoms with E-state index in [1.165, 1.54) is 0 Å². The first-order valence-electron chi connectivity index (χ1n) is 3.79. The first-order valence-corrected chi connectivity index (χ1v) is 6.81. The van der Waals surface area contributed by atoms with Crippen LogP contribution in [0.3, 0.4) is 0 Å². The third-order valence-corrected chi connectivity index (χ3v) is 4.22. The SMILES string of the molecule is CNC(C(C)C)[Si](C)(C)O. The van der Waals surface area contributed by atoms with Crippen LogP contribution in [-0.4, -0.2) is 25.8 Å². The second kappa shape index (κ2) is 3.51. The number of hydrogen-bond donors (Lipinski definition) is 2. The Kier molecular flexibility index (Phi) is 3.55. The van der Waals surface area contributed by atoms with Gasteiger partial charge in [-0.1, -0.05) is 13.8 Å². The van der Waals surface area contributed by atoms with E-state index < -0.39 is 8.32 Å². The lowest BCUT2D eigenvalue weighted by Gasteiger charge is -2.29. The summed E-state index contributed by atoms with van der Waals surface area (Å²) in [7, 11) is -0.0485. The monoisotopic (exact) mass is 161 g/mol. The van der Waals surface area contributed by atoms with Crippen molar-refractivity contribution >= 4 is 8.32 Å². The maximum absolute atomic E-state index is 9.72. The van der Waals surface area contributed by atoms with Gasteiger partial charge in [-0.05, 0) is 26.1 Å². The van der Waals surface area contributed by atoms with Gasteiger partial charge < -0.3 is 10.1 Å². The Balaban J connectivity index is 4.07. The quantitative estimate of drug-likeness (QED) is 0.605. The Hall–Kier alpha value is 0.137. The summed E-state index contributed by atoms with van der Waals surface area (Å²) in [5.74, 6) is 0.525. The maximum Gasteiger partial charge on any atom is 0.199 e. The molecular formula is C7H19NOSi. The number of nitrogens with one attached hydrogen (secondary N) is 1. The number of hydrogen-bond acceptors (Lipinski definition) is 2. The summed E-state index contributed by atoms with van der Waals surface area (Å²) in [5.41, 5.74) is 0.312. The van der Waals surface area contributed by atoms with Crippen LogP contribution in [-0.2, 0) is 0 Å². The van der Waals surface area contributed by atoms with Gasteiger partial charge in [-0.2, -0.15) is 0 Å². The van der Waals surface area contributed by atoms with E-state index in [9.17, 15) is 4.80 Å². The highest BCUT2D eigenvalue weighted by atomic mass is 28.4. The maximum atomic E-state index is 9.72. The molecule has 0 aromatic rings. The summed E-state index contributed by atoms with van der Waals surface area (Å²) < 4.78 is 0. The van der Waals surface area contributed by atoms with Crippen molar-refractivity contribution in [3.05, 3.63) is 0 Å². The van der Waals surface area contributed by atoms with Gasteiger partial charge in [0, 0.05) is 5.67 Å². The second-order valence-corrected chi connectivity index (χ2v) is 7.59. The highest BCUT2D eigenvalue weighted by Crippen LogP contribution is 2.12.